The van der Waals surface area contributed by atoms with E-state index in [0.29, 0.717) is 56.5 Å². The quantitative estimate of drug-likeness (QED) is 0.797. The molecule has 8 nitrogen and oxygen atoms in total. The van der Waals surface area contributed by atoms with Crippen molar-refractivity contribution in [1.82, 2.24) is 19.8 Å². The molecule has 0 spiro atoms. The molecule has 0 N–H and O–H groups in total. The van der Waals surface area contributed by atoms with Crippen molar-refractivity contribution >= 4 is 17.6 Å². The van der Waals surface area contributed by atoms with Crippen LogP contribution in [-0.2, 0) is 0 Å². The molecule has 8 heteroatoms. The van der Waals surface area contributed by atoms with Gasteiger partial charge in [-0.2, -0.15) is 0 Å². The zero-order chi connectivity index (χ0) is 19.4. The first-order valence-corrected chi connectivity index (χ1v) is 9.26. The lowest BCUT2D eigenvalue weighted by molar-refractivity contribution is 0.0714. The second-order valence-electron chi connectivity index (χ2n) is 6.39. The molecule has 0 bridgehead atoms. The Bertz CT molecular complexity index is 794. The topological polar surface area (TPSA) is 82.8 Å². The normalized spacial score (nSPS) is 14.3. The monoisotopic (exact) mass is 371 g/mol. The highest BCUT2D eigenvalue weighted by atomic mass is 16.3. The predicted octanol–water partition coefficient (Wildman–Crippen LogP) is 1.82. The van der Waals surface area contributed by atoms with Crippen LogP contribution >= 0.6 is 0 Å². The fourth-order valence-electron chi connectivity index (χ4n) is 3.19. The summed E-state index contributed by atoms with van der Waals surface area (Å²) in [5, 5.41) is 0. The zero-order valence-corrected chi connectivity index (χ0v) is 16.0. The molecule has 2 aromatic heterocycles. The summed E-state index contributed by atoms with van der Waals surface area (Å²) in [6.45, 7) is 9.40. The van der Waals surface area contributed by atoms with Crippen molar-refractivity contribution < 1.29 is 14.0 Å². The van der Waals surface area contributed by atoms with Gasteiger partial charge in [0.2, 0.25) is 0 Å². The molecule has 0 saturated carbocycles. The summed E-state index contributed by atoms with van der Waals surface area (Å²) in [7, 11) is 0. The number of nitrogens with zero attached hydrogens (tertiary/aromatic N) is 5. The molecule has 0 unspecified atom stereocenters. The number of anilines is 1. The summed E-state index contributed by atoms with van der Waals surface area (Å²) >= 11 is 0. The van der Waals surface area contributed by atoms with Crippen LogP contribution in [0.5, 0.6) is 0 Å². The van der Waals surface area contributed by atoms with Crippen LogP contribution in [0.2, 0.25) is 0 Å². The number of carbonyl (C=O) groups excluding carboxylic acids is 2. The molecule has 0 radical (unpaired) electrons. The molecule has 1 fully saturated rings. The first kappa shape index (κ1) is 18.9. The number of aromatic nitrogens is 2. The van der Waals surface area contributed by atoms with Gasteiger partial charge in [0, 0.05) is 45.3 Å². The van der Waals surface area contributed by atoms with Crippen molar-refractivity contribution in [2.75, 3.05) is 44.2 Å². The standard InChI is InChI=1S/C19H25N5O3/c1-4-22(5-2)18(25)15-13-17(21-14(3)20-15)23-8-10-24(11-9-23)19(26)16-7-6-12-27-16/h6-7,12-13H,4-5,8-11H2,1-3H3. The minimum absolute atomic E-state index is 0.0848. The molecule has 2 aromatic rings. The van der Waals surface area contributed by atoms with Gasteiger partial charge in [0.15, 0.2) is 5.76 Å². The van der Waals surface area contributed by atoms with Crippen molar-refractivity contribution in [3.05, 3.63) is 41.7 Å². The van der Waals surface area contributed by atoms with E-state index in [4.69, 9.17) is 4.42 Å². The van der Waals surface area contributed by atoms with Crippen molar-refractivity contribution in [1.29, 1.82) is 0 Å². The molecule has 1 aliphatic heterocycles. The maximum Gasteiger partial charge on any atom is 0.289 e. The van der Waals surface area contributed by atoms with Gasteiger partial charge in [-0.05, 0) is 32.9 Å². The summed E-state index contributed by atoms with van der Waals surface area (Å²) in [6.07, 6.45) is 1.50. The van der Waals surface area contributed by atoms with E-state index in [1.807, 2.05) is 13.8 Å². The van der Waals surface area contributed by atoms with Gasteiger partial charge in [0.1, 0.15) is 17.3 Å². The van der Waals surface area contributed by atoms with Crippen LogP contribution in [0.25, 0.3) is 0 Å². The minimum Gasteiger partial charge on any atom is -0.459 e. The third-order valence-corrected chi connectivity index (χ3v) is 4.72. The Labute approximate surface area is 158 Å². The molecular weight excluding hydrogens is 346 g/mol. The van der Waals surface area contributed by atoms with E-state index in [-0.39, 0.29) is 11.8 Å². The summed E-state index contributed by atoms with van der Waals surface area (Å²) in [5.41, 5.74) is 0.412. The average molecular weight is 371 g/mol. The summed E-state index contributed by atoms with van der Waals surface area (Å²) in [4.78, 5) is 39.4. The van der Waals surface area contributed by atoms with Crippen LogP contribution < -0.4 is 4.90 Å². The summed E-state index contributed by atoms with van der Waals surface area (Å²) < 4.78 is 5.19. The molecule has 3 heterocycles. The van der Waals surface area contributed by atoms with E-state index >= 15 is 0 Å². The predicted molar refractivity (Wildman–Crippen MR) is 101 cm³/mol. The number of amides is 2. The molecule has 27 heavy (non-hydrogen) atoms. The van der Waals surface area contributed by atoms with E-state index in [0.717, 1.165) is 5.82 Å². The highest BCUT2D eigenvalue weighted by molar-refractivity contribution is 5.93. The number of piperazine rings is 1. The van der Waals surface area contributed by atoms with Gasteiger partial charge in [-0.25, -0.2) is 9.97 Å². The maximum absolute atomic E-state index is 12.6. The lowest BCUT2D eigenvalue weighted by Gasteiger charge is -2.35. The van der Waals surface area contributed by atoms with Crippen LogP contribution in [0.1, 0.15) is 40.7 Å². The Balaban J connectivity index is 1.71. The van der Waals surface area contributed by atoms with Crippen LogP contribution in [0.3, 0.4) is 0 Å². The average Bonchev–Trinajstić information content (AvgIpc) is 3.22. The Hall–Kier alpha value is -2.90. The molecule has 144 valence electrons. The molecule has 0 aromatic carbocycles. The smallest absolute Gasteiger partial charge is 0.289 e. The number of furan rings is 1. The van der Waals surface area contributed by atoms with Gasteiger partial charge >= 0.3 is 0 Å². The highest BCUT2D eigenvalue weighted by Gasteiger charge is 2.25. The van der Waals surface area contributed by atoms with Gasteiger partial charge in [-0.3, -0.25) is 9.59 Å². The van der Waals surface area contributed by atoms with Gasteiger partial charge in [-0.1, -0.05) is 0 Å². The van der Waals surface area contributed by atoms with Crippen molar-refractivity contribution in [2.24, 2.45) is 0 Å². The van der Waals surface area contributed by atoms with Crippen molar-refractivity contribution in [3.63, 3.8) is 0 Å². The van der Waals surface area contributed by atoms with E-state index in [1.54, 1.807) is 34.9 Å². The van der Waals surface area contributed by atoms with Crippen LogP contribution in [0, 0.1) is 6.92 Å². The Morgan fingerprint density at radius 3 is 2.44 bits per heavy atom. The lowest BCUT2D eigenvalue weighted by Crippen LogP contribution is -2.49. The molecule has 1 aliphatic rings. The van der Waals surface area contributed by atoms with Crippen LogP contribution in [0.15, 0.2) is 28.9 Å². The zero-order valence-electron chi connectivity index (χ0n) is 16.0. The van der Waals surface area contributed by atoms with Gasteiger partial charge < -0.3 is 19.1 Å². The Morgan fingerprint density at radius 2 is 1.85 bits per heavy atom. The number of carbonyl (C=O) groups is 2. The third kappa shape index (κ3) is 4.10. The maximum atomic E-state index is 12.6. The fraction of sp³-hybridized carbons (Fsp3) is 0.474. The third-order valence-electron chi connectivity index (χ3n) is 4.72. The largest absolute Gasteiger partial charge is 0.459 e. The number of hydrogen-bond acceptors (Lipinski definition) is 6. The number of aryl methyl sites for hydroxylation is 1. The molecule has 0 aliphatic carbocycles. The number of rotatable bonds is 5. The summed E-state index contributed by atoms with van der Waals surface area (Å²) in [5.74, 6) is 1.46. The molecular formula is C19H25N5O3. The van der Waals surface area contributed by atoms with E-state index < -0.39 is 0 Å². The van der Waals surface area contributed by atoms with E-state index in [1.165, 1.54) is 6.26 Å². The van der Waals surface area contributed by atoms with Gasteiger partial charge in [0.05, 0.1) is 6.26 Å². The first-order chi connectivity index (χ1) is 13.0. The molecule has 1 saturated heterocycles. The summed E-state index contributed by atoms with van der Waals surface area (Å²) in [6, 6.07) is 5.13. The van der Waals surface area contributed by atoms with Gasteiger partial charge in [0.25, 0.3) is 11.8 Å². The van der Waals surface area contributed by atoms with E-state index in [9.17, 15) is 9.59 Å². The lowest BCUT2D eigenvalue weighted by atomic mass is 10.2. The Morgan fingerprint density at radius 1 is 1.15 bits per heavy atom. The number of hydrogen-bond donors (Lipinski definition) is 0. The van der Waals surface area contributed by atoms with Gasteiger partial charge in [-0.15, -0.1) is 0 Å². The highest BCUT2D eigenvalue weighted by Crippen LogP contribution is 2.17. The van der Waals surface area contributed by atoms with E-state index in [2.05, 4.69) is 14.9 Å². The van der Waals surface area contributed by atoms with Crippen LogP contribution in [0.4, 0.5) is 5.82 Å². The van der Waals surface area contributed by atoms with Crippen molar-refractivity contribution in [3.8, 4) is 0 Å². The fourth-order valence-corrected chi connectivity index (χ4v) is 3.19. The van der Waals surface area contributed by atoms with Crippen molar-refractivity contribution in [2.45, 2.75) is 20.8 Å². The SMILES string of the molecule is CCN(CC)C(=O)c1cc(N2CCN(C(=O)c3ccco3)CC2)nc(C)n1. The second kappa shape index (κ2) is 8.20. The minimum atomic E-state index is -0.101. The second-order valence-corrected chi connectivity index (χ2v) is 6.39. The molecule has 2 amide bonds. The molecule has 0 atom stereocenters. The van der Waals surface area contributed by atoms with Crippen LogP contribution in [-0.4, -0.2) is 70.9 Å². The Kier molecular flexibility index (Phi) is 5.73. The molecule has 3 rings (SSSR count). The first-order valence-electron chi connectivity index (χ1n) is 9.26.